The van der Waals surface area contributed by atoms with E-state index in [1.54, 1.807) is 12.4 Å². The smallest absolute Gasteiger partial charge is 0.222 e. The topological polar surface area (TPSA) is 90.7 Å². The largest absolute Gasteiger partial charge is 0.383 e. The first-order chi connectivity index (χ1) is 9.75. The first-order valence-corrected chi connectivity index (χ1v) is 6.14. The summed E-state index contributed by atoms with van der Waals surface area (Å²) < 4.78 is 0. The maximum absolute atomic E-state index is 6.03. The third-order valence-electron chi connectivity index (χ3n) is 2.95. The molecule has 0 unspecified atom stereocenters. The van der Waals surface area contributed by atoms with E-state index in [4.69, 9.17) is 11.5 Å². The maximum Gasteiger partial charge on any atom is 0.222 e. The van der Waals surface area contributed by atoms with E-state index in [0.717, 1.165) is 16.7 Å². The molecule has 98 valence electrons. The minimum absolute atomic E-state index is 0.161. The molecular weight excluding hydrogens is 250 g/mol. The van der Waals surface area contributed by atoms with Crippen molar-refractivity contribution in [2.24, 2.45) is 0 Å². The zero-order valence-corrected chi connectivity index (χ0v) is 10.7. The lowest BCUT2D eigenvalue weighted by molar-refractivity contribution is 1.19. The third-order valence-corrected chi connectivity index (χ3v) is 2.95. The number of hydrogen-bond donors (Lipinski definition) is 2. The van der Waals surface area contributed by atoms with Crippen LogP contribution in [-0.4, -0.2) is 15.0 Å². The van der Waals surface area contributed by atoms with Gasteiger partial charge in [0, 0.05) is 23.5 Å². The second-order valence-electron chi connectivity index (χ2n) is 4.30. The van der Waals surface area contributed by atoms with Gasteiger partial charge in [0.25, 0.3) is 0 Å². The van der Waals surface area contributed by atoms with Crippen molar-refractivity contribution < 1.29 is 0 Å². The highest BCUT2D eigenvalue weighted by Crippen LogP contribution is 2.34. The fourth-order valence-electron chi connectivity index (χ4n) is 2.10. The monoisotopic (exact) mass is 263 g/mol. The van der Waals surface area contributed by atoms with Crippen LogP contribution in [0.3, 0.4) is 0 Å². The third kappa shape index (κ3) is 2.16. The van der Waals surface area contributed by atoms with Gasteiger partial charge in [-0.15, -0.1) is 0 Å². The van der Waals surface area contributed by atoms with Gasteiger partial charge in [-0.3, -0.25) is 4.98 Å². The zero-order valence-electron chi connectivity index (χ0n) is 10.7. The van der Waals surface area contributed by atoms with Crippen LogP contribution in [0.15, 0.2) is 54.9 Å². The molecule has 0 aliphatic carbocycles. The number of benzene rings is 1. The minimum Gasteiger partial charge on any atom is -0.383 e. The Morgan fingerprint density at radius 2 is 1.55 bits per heavy atom. The number of rotatable bonds is 2. The summed E-state index contributed by atoms with van der Waals surface area (Å²) in [7, 11) is 0. The Labute approximate surface area is 116 Å². The van der Waals surface area contributed by atoms with Gasteiger partial charge < -0.3 is 11.5 Å². The predicted molar refractivity (Wildman–Crippen MR) is 79.5 cm³/mol. The van der Waals surface area contributed by atoms with Gasteiger partial charge in [-0.05, 0) is 6.07 Å². The molecule has 4 N–H and O–H groups in total. The van der Waals surface area contributed by atoms with E-state index in [1.807, 2.05) is 42.5 Å². The van der Waals surface area contributed by atoms with Gasteiger partial charge in [0.05, 0.1) is 11.3 Å². The second kappa shape index (κ2) is 4.97. The van der Waals surface area contributed by atoms with Gasteiger partial charge in [0.2, 0.25) is 5.95 Å². The van der Waals surface area contributed by atoms with Gasteiger partial charge in [0.15, 0.2) is 0 Å². The number of anilines is 2. The first kappa shape index (κ1) is 12.1. The van der Waals surface area contributed by atoms with Crippen molar-refractivity contribution in [3.05, 3.63) is 54.9 Å². The van der Waals surface area contributed by atoms with Crippen molar-refractivity contribution in [3.8, 4) is 22.4 Å². The standard InChI is InChI=1S/C15H13N5/c16-14-12(11-7-4-8-18-9-11)13(19-15(17)20-14)10-5-2-1-3-6-10/h1-9H,(H4,16,17,19,20). The summed E-state index contributed by atoms with van der Waals surface area (Å²) >= 11 is 0. The molecule has 0 radical (unpaired) electrons. The number of nitrogens with two attached hydrogens (primary N) is 2. The molecule has 0 aliphatic heterocycles. The van der Waals surface area contributed by atoms with E-state index in [0.29, 0.717) is 11.5 Å². The Morgan fingerprint density at radius 3 is 2.25 bits per heavy atom. The quantitative estimate of drug-likeness (QED) is 0.740. The second-order valence-corrected chi connectivity index (χ2v) is 4.30. The van der Waals surface area contributed by atoms with Crippen molar-refractivity contribution in [1.82, 2.24) is 15.0 Å². The molecular formula is C15H13N5. The van der Waals surface area contributed by atoms with Crippen molar-refractivity contribution >= 4 is 11.8 Å². The molecule has 2 heterocycles. The molecule has 0 amide bonds. The highest BCUT2D eigenvalue weighted by atomic mass is 15.0. The molecule has 0 bridgehead atoms. The summed E-state index contributed by atoms with van der Waals surface area (Å²) in [6, 6.07) is 13.5. The number of nitrogens with zero attached hydrogens (tertiary/aromatic N) is 3. The fraction of sp³-hybridized carbons (Fsp3) is 0. The minimum atomic E-state index is 0.161. The molecule has 1 aromatic carbocycles. The van der Waals surface area contributed by atoms with E-state index >= 15 is 0 Å². The van der Waals surface area contributed by atoms with Crippen molar-refractivity contribution in [3.63, 3.8) is 0 Å². The zero-order chi connectivity index (χ0) is 13.9. The van der Waals surface area contributed by atoms with Crippen molar-refractivity contribution in [2.75, 3.05) is 11.5 Å². The highest BCUT2D eigenvalue weighted by Gasteiger charge is 2.15. The summed E-state index contributed by atoms with van der Waals surface area (Å²) in [5.74, 6) is 0.512. The summed E-state index contributed by atoms with van der Waals surface area (Å²) in [4.78, 5) is 12.5. The molecule has 3 aromatic rings. The van der Waals surface area contributed by atoms with Crippen LogP contribution in [0.4, 0.5) is 11.8 Å². The van der Waals surface area contributed by atoms with Crippen molar-refractivity contribution in [1.29, 1.82) is 0 Å². The molecule has 0 fully saturated rings. The normalized spacial score (nSPS) is 10.4. The number of hydrogen-bond acceptors (Lipinski definition) is 5. The molecule has 20 heavy (non-hydrogen) atoms. The van der Waals surface area contributed by atoms with Gasteiger partial charge in [-0.1, -0.05) is 36.4 Å². The Hall–Kier alpha value is -2.95. The van der Waals surface area contributed by atoms with E-state index in [2.05, 4.69) is 15.0 Å². The SMILES string of the molecule is Nc1nc(N)c(-c2cccnc2)c(-c2ccccc2)n1. The van der Waals surface area contributed by atoms with Crippen LogP contribution in [0, 0.1) is 0 Å². The van der Waals surface area contributed by atoms with E-state index in [1.165, 1.54) is 0 Å². The average molecular weight is 263 g/mol. The van der Waals surface area contributed by atoms with Crippen molar-refractivity contribution in [2.45, 2.75) is 0 Å². The summed E-state index contributed by atoms with van der Waals surface area (Å²) in [5, 5.41) is 0. The van der Waals surface area contributed by atoms with Crippen LogP contribution in [0.1, 0.15) is 0 Å². The van der Waals surface area contributed by atoms with Gasteiger partial charge in [0.1, 0.15) is 5.82 Å². The van der Waals surface area contributed by atoms with Gasteiger partial charge in [-0.2, -0.15) is 4.98 Å². The van der Waals surface area contributed by atoms with Gasteiger partial charge >= 0.3 is 0 Å². The number of nitrogen functional groups attached to an aromatic ring is 2. The fourth-order valence-corrected chi connectivity index (χ4v) is 2.10. The highest BCUT2D eigenvalue weighted by molar-refractivity contribution is 5.87. The summed E-state index contributed by atoms with van der Waals surface area (Å²) in [5.41, 5.74) is 15.0. The summed E-state index contributed by atoms with van der Waals surface area (Å²) in [6.07, 6.45) is 3.44. The van der Waals surface area contributed by atoms with Crippen LogP contribution in [0.25, 0.3) is 22.4 Å². The lowest BCUT2D eigenvalue weighted by Crippen LogP contribution is -2.04. The Morgan fingerprint density at radius 1 is 0.800 bits per heavy atom. The predicted octanol–water partition coefficient (Wildman–Crippen LogP) is 2.37. The van der Waals surface area contributed by atoms with Crippen LogP contribution in [0.2, 0.25) is 0 Å². The van der Waals surface area contributed by atoms with Gasteiger partial charge in [-0.25, -0.2) is 4.98 Å². The summed E-state index contributed by atoms with van der Waals surface area (Å²) in [6.45, 7) is 0. The van der Waals surface area contributed by atoms with E-state index < -0.39 is 0 Å². The lowest BCUT2D eigenvalue weighted by Gasteiger charge is -2.11. The molecule has 5 heteroatoms. The van der Waals surface area contributed by atoms with Crippen LogP contribution >= 0.6 is 0 Å². The lowest BCUT2D eigenvalue weighted by atomic mass is 10.0. The van der Waals surface area contributed by atoms with Crippen LogP contribution < -0.4 is 11.5 Å². The van der Waals surface area contributed by atoms with E-state index in [-0.39, 0.29) is 5.95 Å². The Bertz CT molecular complexity index is 726. The number of pyridine rings is 1. The molecule has 0 saturated heterocycles. The molecule has 0 saturated carbocycles. The maximum atomic E-state index is 6.03. The average Bonchev–Trinajstić information content (AvgIpc) is 2.48. The van der Waals surface area contributed by atoms with E-state index in [9.17, 15) is 0 Å². The molecule has 0 aliphatic rings. The Balaban J connectivity index is 2.29. The first-order valence-electron chi connectivity index (χ1n) is 6.14. The van der Waals surface area contributed by atoms with Crippen LogP contribution in [0.5, 0.6) is 0 Å². The van der Waals surface area contributed by atoms with Crippen LogP contribution in [-0.2, 0) is 0 Å². The number of aromatic nitrogens is 3. The molecule has 3 rings (SSSR count). The molecule has 0 spiro atoms. The molecule has 0 atom stereocenters. The Kier molecular flexibility index (Phi) is 3.01. The molecule has 2 aromatic heterocycles. The molecule has 5 nitrogen and oxygen atoms in total.